The zero-order valence-corrected chi connectivity index (χ0v) is 11.5. The lowest BCUT2D eigenvalue weighted by Gasteiger charge is -2.36. The summed E-state index contributed by atoms with van der Waals surface area (Å²) in [6.45, 7) is 8.67. The average molecular weight is 240 g/mol. The molecule has 0 aromatic carbocycles. The number of hydrogen-bond donors (Lipinski definition) is 1. The van der Waals surface area contributed by atoms with E-state index in [1.54, 1.807) is 0 Å². The van der Waals surface area contributed by atoms with Crippen molar-refractivity contribution in [2.45, 2.75) is 64.1 Å². The largest absolute Gasteiger partial charge is 0.374 e. The van der Waals surface area contributed by atoms with Crippen molar-refractivity contribution in [3.05, 3.63) is 0 Å². The van der Waals surface area contributed by atoms with Gasteiger partial charge in [0.2, 0.25) is 0 Å². The second-order valence-corrected chi connectivity index (χ2v) is 5.82. The Hall–Kier alpha value is -0.120. The number of nitrogens with zero attached hydrogens (tertiary/aromatic N) is 1. The van der Waals surface area contributed by atoms with Crippen LogP contribution in [0.3, 0.4) is 0 Å². The molecule has 0 aromatic rings. The van der Waals surface area contributed by atoms with Gasteiger partial charge in [-0.2, -0.15) is 0 Å². The zero-order valence-electron chi connectivity index (χ0n) is 11.5. The second kappa shape index (κ2) is 6.72. The van der Waals surface area contributed by atoms with Crippen molar-refractivity contribution in [2.75, 3.05) is 26.2 Å². The minimum absolute atomic E-state index is 0.396. The third kappa shape index (κ3) is 4.23. The molecule has 0 radical (unpaired) electrons. The molecule has 17 heavy (non-hydrogen) atoms. The fraction of sp³-hybridized carbons (Fsp3) is 1.00. The van der Waals surface area contributed by atoms with E-state index >= 15 is 0 Å². The van der Waals surface area contributed by atoms with Gasteiger partial charge in [0, 0.05) is 31.7 Å². The summed E-state index contributed by atoms with van der Waals surface area (Å²) in [7, 11) is 0. The van der Waals surface area contributed by atoms with Gasteiger partial charge in [0.05, 0.1) is 12.7 Å². The van der Waals surface area contributed by atoms with E-state index in [-0.39, 0.29) is 0 Å². The molecule has 1 saturated carbocycles. The Morgan fingerprint density at radius 1 is 1.24 bits per heavy atom. The molecule has 1 unspecified atom stereocenters. The van der Waals surface area contributed by atoms with Crippen molar-refractivity contribution in [2.24, 2.45) is 0 Å². The van der Waals surface area contributed by atoms with Crippen LogP contribution in [0.25, 0.3) is 0 Å². The topological polar surface area (TPSA) is 24.5 Å². The molecule has 1 atom stereocenters. The second-order valence-electron chi connectivity index (χ2n) is 5.82. The first-order valence-electron chi connectivity index (χ1n) is 7.34. The summed E-state index contributed by atoms with van der Waals surface area (Å²) < 4.78 is 5.85. The molecule has 2 fully saturated rings. The van der Waals surface area contributed by atoms with E-state index in [1.165, 1.54) is 32.1 Å². The molecular formula is C14H28N2O. The van der Waals surface area contributed by atoms with Gasteiger partial charge in [0.25, 0.3) is 0 Å². The monoisotopic (exact) mass is 240 g/mol. The van der Waals surface area contributed by atoms with Crippen LogP contribution in [0.1, 0.15) is 46.0 Å². The summed E-state index contributed by atoms with van der Waals surface area (Å²) >= 11 is 0. The molecule has 3 nitrogen and oxygen atoms in total. The Balaban J connectivity index is 1.67. The van der Waals surface area contributed by atoms with E-state index < -0.39 is 0 Å². The van der Waals surface area contributed by atoms with E-state index in [0.29, 0.717) is 12.1 Å². The first kappa shape index (κ1) is 13.3. The lowest BCUT2D eigenvalue weighted by molar-refractivity contribution is -0.0384. The molecule has 0 amide bonds. The van der Waals surface area contributed by atoms with Crippen LogP contribution in [-0.2, 0) is 4.74 Å². The zero-order chi connectivity index (χ0) is 12.1. The number of rotatable bonds is 4. The maximum Gasteiger partial charge on any atom is 0.0826 e. The Bertz CT molecular complexity index is 214. The van der Waals surface area contributed by atoms with Crippen LogP contribution >= 0.6 is 0 Å². The lowest BCUT2D eigenvalue weighted by Crippen LogP contribution is -2.50. The van der Waals surface area contributed by atoms with Gasteiger partial charge in [0.1, 0.15) is 0 Å². The molecular weight excluding hydrogens is 212 g/mol. The number of morpholine rings is 1. The molecule has 100 valence electrons. The van der Waals surface area contributed by atoms with E-state index in [1.807, 2.05) is 0 Å². The molecule has 2 aliphatic rings. The van der Waals surface area contributed by atoms with Gasteiger partial charge < -0.3 is 10.1 Å². The molecule has 2 rings (SSSR count). The SMILES string of the molecule is CC(C)N1CCOC(CNC2CCCCC2)C1. The van der Waals surface area contributed by atoms with Gasteiger partial charge in [-0.25, -0.2) is 0 Å². The van der Waals surface area contributed by atoms with Crippen LogP contribution in [0.15, 0.2) is 0 Å². The van der Waals surface area contributed by atoms with E-state index in [2.05, 4.69) is 24.1 Å². The first-order chi connectivity index (χ1) is 8.25. The van der Waals surface area contributed by atoms with E-state index in [9.17, 15) is 0 Å². The van der Waals surface area contributed by atoms with Gasteiger partial charge in [-0.1, -0.05) is 19.3 Å². The minimum atomic E-state index is 0.396. The quantitative estimate of drug-likeness (QED) is 0.813. The van der Waals surface area contributed by atoms with Gasteiger partial charge in [-0.3, -0.25) is 4.90 Å². The molecule has 1 heterocycles. The maximum atomic E-state index is 5.85. The van der Waals surface area contributed by atoms with E-state index in [0.717, 1.165) is 32.3 Å². The molecule has 0 aromatic heterocycles. The van der Waals surface area contributed by atoms with Crippen LogP contribution in [0.5, 0.6) is 0 Å². The summed E-state index contributed by atoms with van der Waals surface area (Å²) in [6.07, 6.45) is 7.36. The number of hydrogen-bond acceptors (Lipinski definition) is 3. The van der Waals surface area contributed by atoms with Crippen molar-refractivity contribution >= 4 is 0 Å². The Morgan fingerprint density at radius 2 is 2.00 bits per heavy atom. The molecule has 1 N–H and O–H groups in total. The van der Waals surface area contributed by atoms with Gasteiger partial charge in [0.15, 0.2) is 0 Å². The van der Waals surface area contributed by atoms with Crippen molar-refractivity contribution < 1.29 is 4.74 Å². The molecule has 1 aliphatic carbocycles. The van der Waals surface area contributed by atoms with Crippen molar-refractivity contribution in [1.29, 1.82) is 0 Å². The molecule has 3 heteroatoms. The summed E-state index contributed by atoms with van der Waals surface area (Å²) in [5.41, 5.74) is 0. The Morgan fingerprint density at radius 3 is 2.71 bits per heavy atom. The predicted octanol–water partition coefficient (Wildman–Crippen LogP) is 2.02. The summed E-state index contributed by atoms with van der Waals surface area (Å²) in [4.78, 5) is 2.52. The van der Waals surface area contributed by atoms with Crippen LogP contribution in [-0.4, -0.2) is 49.3 Å². The van der Waals surface area contributed by atoms with Crippen molar-refractivity contribution in [3.63, 3.8) is 0 Å². The maximum absolute atomic E-state index is 5.85. The summed E-state index contributed by atoms with van der Waals surface area (Å²) in [5.74, 6) is 0. The standard InChI is InChI=1S/C14H28N2O/c1-12(2)16-8-9-17-14(11-16)10-15-13-6-4-3-5-7-13/h12-15H,3-11H2,1-2H3. The van der Waals surface area contributed by atoms with Gasteiger partial charge >= 0.3 is 0 Å². The number of ether oxygens (including phenoxy) is 1. The molecule has 0 spiro atoms. The Kier molecular flexibility index (Phi) is 5.26. The normalized spacial score (nSPS) is 28.8. The van der Waals surface area contributed by atoms with Crippen LogP contribution in [0.2, 0.25) is 0 Å². The molecule has 1 saturated heterocycles. The fourth-order valence-corrected chi connectivity index (χ4v) is 2.94. The third-order valence-electron chi connectivity index (χ3n) is 4.14. The minimum Gasteiger partial charge on any atom is -0.374 e. The Labute approximate surface area is 106 Å². The first-order valence-corrected chi connectivity index (χ1v) is 7.34. The highest BCUT2D eigenvalue weighted by molar-refractivity contribution is 4.79. The smallest absolute Gasteiger partial charge is 0.0826 e. The van der Waals surface area contributed by atoms with Crippen molar-refractivity contribution in [3.8, 4) is 0 Å². The highest BCUT2D eigenvalue weighted by Crippen LogP contribution is 2.17. The fourth-order valence-electron chi connectivity index (χ4n) is 2.94. The van der Waals surface area contributed by atoms with Crippen molar-refractivity contribution in [1.82, 2.24) is 10.2 Å². The van der Waals surface area contributed by atoms with Crippen LogP contribution < -0.4 is 5.32 Å². The predicted molar refractivity (Wildman–Crippen MR) is 71.3 cm³/mol. The highest BCUT2D eigenvalue weighted by atomic mass is 16.5. The summed E-state index contributed by atoms with van der Waals surface area (Å²) in [6, 6.07) is 1.40. The lowest BCUT2D eigenvalue weighted by atomic mass is 9.95. The molecule has 0 bridgehead atoms. The van der Waals surface area contributed by atoms with Crippen LogP contribution in [0.4, 0.5) is 0 Å². The van der Waals surface area contributed by atoms with E-state index in [4.69, 9.17) is 4.74 Å². The molecule has 1 aliphatic heterocycles. The van der Waals surface area contributed by atoms with Gasteiger partial charge in [-0.05, 0) is 26.7 Å². The third-order valence-corrected chi connectivity index (χ3v) is 4.14. The number of nitrogens with one attached hydrogen (secondary N) is 1. The average Bonchev–Trinajstić information content (AvgIpc) is 2.38. The summed E-state index contributed by atoms with van der Waals surface area (Å²) in [5, 5.41) is 3.70. The highest BCUT2D eigenvalue weighted by Gasteiger charge is 2.23. The van der Waals surface area contributed by atoms with Gasteiger partial charge in [-0.15, -0.1) is 0 Å². The van der Waals surface area contributed by atoms with Crippen LogP contribution in [0, 0.1) is 0 Å².